The highest BCUT2D eigenvalue weighted by Gasteiger charge is 2.50. The zero-order valence-corrected chi connectivity index (χ0v) is 8.44. The van der Waals surface area contributed by atoms with Gasteiger partial charge in [-0.25, -0.2) is 0 Å². The number of ether oxygens (including phenoxy) is 1. The first kappa shape index (κ1) is 13.0. The molecule has 8 nitrogen and oxygen atoms in total. The minimum Gasteiger partial charge on any atom is -0.394 e. The van der Waals surface area contributed by atoms with Crippen LogP contribution in [0.4, 0.5) is 0 Å². The molecule has 0 spiro atoms. The predicted octanol–water partition coefficient (Wildman–Crippen LogP) is -3.04. The van der Waals surface area contributed by atoms with Crippen molar-refractivity contribution in [1.29, 1.82) is 0 Å². The quantitative estimate of drug-likeness (QED) is 0.281. The molecule has 1 heterocycles. The average Bonchev–Trinajstić information content (AvgIpc) is 2.13. The molecule has 9 heteroatoms. The van der Waals surface area contributed by atoms with Crippen molar-refractivity contribution in [2.24, 2.45) is 0 Å². The number of rotatable bonds is 2. The average molecular weight is 244 g/mol. The Labute approximate surface area is 84.9 Å². The summed E-state index contributed by atoms with van der Waals surface area (Å²) in [7, 11) is -4.77. The predicted molar refractivity (Wildman–Crippen MR) is 45.8 cm³/mol. The molecule has 0 radical (unpaired) electrons. The molecule has 15 heavy (non-hydrogen) atoms. The summed E-state index contributed by atoms with van der Waals surface area (Å²) in [4.78, 5) is 17.6. The van der Waals surface area contributed by atoms with Crippen molar-refractivity contribution in [3.63, 3.8) is 0 Å². The fourth-order valence-electron chi connectivity index (χ4n) is 1.36. The first-order chi connectivity index (χ1) is 6.79. The van der Waals surface area contributed by atoms with E-state index in [4.69, 9.17) is 14.9 Å². The number of hydrogen-bond donors (Lipinski definition) is 6. The summed E-state index contributed by atoms with van der Waals surface area (Å²) < 4.78 is 15.5. The Bertz CT molecular complexity index is 262. The normalized spacial score (nSPS) is 42.9. The summed E-state index contributed by atoms with van der Waals surface area (Å²) in [6.07, 6.45) is -6.59. The van der Waals surface area contributed by atoms with Crippen molar-refractivity contribution in [2.75, 3.05) is 6.61 Å². The van der Waals surface area contributed by atoms with Gasteiger partial charge in [0, 0.05) is 0 Å². The fourth-order valence-corrected chi connectivity index (χ4v) is 2.25. The van der Waals surface area contributed by atoms with Gasteiger partial charge in [-0.2, -0.15) is 0 Å². The van der Waals surface area contributed by atoms with Crippen molar-refractivity contribution in [3.05, 3.63) is 0 Å². The Balaban J connectivity index is 2.88. The van der Waals surface area contributed by atoms with Crippen molar-refractivity contribution in [3.8, 4) is 0 Å². The molecular weight excluding hydrogens is 231 g/mol. The second-order valence-corrected chi connectivity index (χ2v) is 5.00. The Morgan fingerprint density at radius 3 is 2.00 bits per heavy atom. The van der Waals surface area contributed by atoms with E-state index in [9.17, 15) is 19.9 Å². The van der Waals surface area contributed by atoms with Crippen LogP contribution in [-0.2, 0) is 9.30 Å². The third-order valence-corrected chi connectivity index (χ3v) is 3.29. The second-order valence-electron chi connectivity index (χ2n) is 3.31. The number of aliphatic hydroxyl groups is 4. The molecule has 0 aromatic rings. The summed E-state index contributed by atoms with van der Waals surface area (Å²) in [5, 5.41) is 36.5. The SMILES string of the molecule is O=P(O)(O)[C@H]1O[C@H](CO)[C@H](O)[C@H](O)[C@H]1O. The van der Waals surface area contributed by atoms with Gasteiger partial charge < -0.3 is 34.9 Å². The monoisotopic (exact) mass is 244 g/mol. The summed E-state index contributed by atoms with van der Waals surface area (Å²) in [6.45, 7) is -0.721. The Morgan fingerprint density at radius 1 is 1.07 bits per heavy atom. The lowest BCUT2D eigenvalue weighted by molar-refractivity contribution is -0.211. The highest BCUT2D eigenvalue weighted by molar-refractivity contribution is 7.52. The van der Waals surface area contributed by atoms with Gasteiger partial charge in [0.25, 0.3) is 0 Å². The maximum absolute atomic E-state index is 10.8. The van der Waals surface area contributed by atoms with E-state index in [-0.39, 0.29) is 0 Å². The van der Waals surface area contributed by atoms with Gasteiger partial charge in [0.1, 0.15) is 24.4 Å². The van der Waals surface area contributed by atoms with E-state index in [1.54, 1.807) is 0 Å². The standard InChI is InChI=1S/C6H13O8P/c7-1-2-3(8)4(9)5(10)6(14-2)15(11,12)13/h2-10H,1H2,(H2,11,12,13)/t2-,3+,4+,5-,6-/m1/s1. The van der Waals surface area contributed by atoms with Crippen LogP contribution in [0.2, 0.25) is 0 Å². The molecule has 6 N–H and O–H groups in total. The largest absolute Gasteiger partial charge is 0.394 e. The van der Waals surface area contributed by atoms with Gasteiger partial charge in [0.2, 0.25) is 0 Å². The van der Waals surface area contributed by atoms with Gasteiger partial charge in [-0.15, -0.1) is 0 Å². The van der Waals surface area contributed by atoms with E-state index in [1.165, 1.54) is 0 Å². The van der Waals surface area contributed by atoms with Crippen LogP contribution in [0.3, 0.4) is 0 Å². The van der Waals surface area contributed by atoms with Crippen LogP contribution < -0.4 is 0 Å². The molecule has 0 aliphatic carbocycles. The second kappa shape index (κ2) is 4.44. The van der Waals surface area contributed by atoms with E-state index in [0.717, 1.165) is 0 Å². The highest BCUT2D eigenvalue weighted by Crippen LogP contribution is 2.46. The minimum atomic E-state index is -4.77. The minimum absolute atomic E-state index is 0.721. The molecule has 0 aromatic heterocycles. The molecule has 5 atom stereocenters. The van der Waals surface area contributed by atoms with Gasteiger partial charge in [-0.3, -0.25) is 4.57 Å². The van der Waals surface area contributed by atoms with Gasteiger partial charge in [0.15, 0.2) is 5.85 Å². The smallest absolute Gasteiger partial charge is 0.356 e. The summed E-state index contributed by atoms with van der Waals surface area (Å²) in [6, 6.07) is 0. The topological polar surface area (TPSA) is 148 Å². The van der Waals surface area contributed by atoms with E-state index in [2.05, 4.69) is 4.74 Å². The van der Waals surface area contributed by atoms with Gasteiger partial charge in [-0.05, 0) is 0 Å². The highest BCUT2D eigenvalue weighted by atomic mass is 31.2. The third kappa shape index (κ3) is 2.55. The van der Waals surface area contributed by atoms with Crippen LogP contribution in [0.25, 0.3) is 0 Å². The molecule has 1 rings (SSSR count). The maximum atomic E-state index is 10.8. The van der Waals surface area contributed by atoms with E-state index >= 15 is 0 Å². The van der Waals surface area contributed by atoms with Gasteiger partial charge in [-0.1, -0.05) is 0 Å². The summed E-state index contributed by atoms with van der Waals surface area (Å²) >= 11 is 0. The summed E-state index contributed by atoms with van der Waals surface area (Å²) in [5.41, 5.74) is 0. The lowest BCUT2D eigenvalue weighted by Crippen LogP contribution is -2.58. The first-order valence-corrected chi connectivity index (χ1v) is 5.83. The van der Waals surface area contributed by atoms with Crippen molar-refractivity contribution in [1.82, 2.24) is 0 Å². The number of aliphatic hydroxyl groups excluding tert-OH is 4. The molecule has 1 aliphatic heterocycles. The molecule has 1 fully saturated rings. The van der Waals surface area contributed by atoms with Crippen molar-refractivity contribution < 1.29 is 39.5 Å². The van der Waals surface area contributed by atoms with Crippen LogP contribution in [0.5, 0.6) is 0 Å². The van der Waals surface area contributed by atoms with Gasteiger partial charge >= 0.3 is 7.60 Å². The third-order valence-electron chi connectivity index (χ3n) is 2.20. The Morgan fingerprint density at radius 2 is 1.60 bits per heavy atom. The zero-order chi connectivity index (χ0) is 11.8. The van der Waals surface area contributed by atoms with Crippen LogP contribution in [0.15, 0.2) is 0 Å². The lowest BCUT2D eigenvalue weighted by atomic mass is 10.0. The Kier molecular flexibility index (Phi) is 3.85. The van der Waals surface area contributed by atoms with E-state index < -0.39 is 44.5 Å². The fraction of sp³-hybridized carbons (Fsp3) is 1.00. The molecule has 0 aromatic carbocycles. The Hall–Kier alpha value is -0.0500. The maximum Gasteiger partial charge on any atom is 0.356 e. The van der Waals surface area contributed by atoms with Crippen LogP contribution in [-0.4, -0.2) is 67.1 Å². The molecule has 1 aliphatic rings. The van der Waals surface area contributed by atoms with Gasteiger partial charge in [0.05, 0.1) is 6.61 Å². The van der Waals surface area contributed by atoms with Crippen LogP contribution in [0.1, 0.15) is 0 Å². The van der Waals surface area contributed by atoms with E-state index in [1.807, 2.05) is 0 Å². The summed E-state index contributed by atoms with van der Waals surface area (Å²) in [5.74, 6) is -1.94. The molecule has 0 saturated carbocycles. The molecular formula is C6H13O8P. The molecule has 0 unspecified atom stereocenters. The first-order valence-electron chi connectivity index (χ1n) is 4.14. The molecule has 0 bridgehead atoms. The van der Waals surface area contributed by atoms with Crippen molar-refractivity contribution in [2.45, 2.75) is 30.3 Å². The van der Waals surface area contributed by atoms with E-state index in [0.29, 0.717) is 0 Å². The lowest BCUT2D eigenvalue weighted by Gasteiger charge is -2.39. The molecule has 0 amide bonds. The molecule has 1 saturated heterocycles. The zero-order valence-electron chi connectivity index (χ0n) is 7.54. The van der Waals surface area contributed by atoms with Crippen LogP contribution >= 0.6 is 7.60 Å². The van der Waals surface area contributed by atoms with Crippen LogP contribution in [0, 0.1) is 0 Å². The molecule has 90 valence electrons. The van der Waals surface area contributed by atoms with Crippen molar-refractivity contribution >= 4 is 7.60 Å². The number of hydrogen-bond acceptors (Lipinski definition) is 6.